The maximum Gasteiger partial charge on any atom is 0.339 e. The van der Waals surface area contributed by atoms with Gasteiger partial charge in [0.15, 0.2) is 0 Å². The number of hydrogen-bond donors (Lipinski definition) is 1. The van der Waals surface area contributed by atoms with Gasteiger partial charge in [-0.3, -0.25) is 0 Å². The van der Waals surface area contributed by atoms with Crippen molar-refractivity contribution in [1.29, 1.82) is 0 Å². The number of nitrogen functional groups attached to an aromatic ring is 1. The van der Waals surface area contributed by atoms with Crippen LogP contribution in [0, 0.1) is 5.92 Å². The Bertz CT molecular complexity index is 459. The van der Waals surface area contributed by atoms with Crippen LogP contribution >= 0.6 is 23.2 Å². The van der Waals surface area contributed by atoms with Gasteiger partial charge in [-0.25, -0.2) is 4.79 Å². The van der Waals surface area contributed by atoms with Gasteiger partial charge in [-0.2, -0.15) is 0 Å². The lowest BCUT2D eigenvalue weighted by Gasteiger charge is -2.11. The van der Waals surface area contributed by atoms with Crippen LogP contribution in [0.1, 0.15) is 16.8 Å². The number of carbonyl (C=O) groups excluding carboxylic acids is 1. The van der Waals surface area contributed by atoms with Crippen molar-refractivity contribution in [2.24, 2.45) is 5.92 Å². The summed E-state index contributed by atoms with van der Waals surface area (Å²) in [5.74, 6) is -0.259. The number of esters is 1. The largest absolute Gasteiger partial charge is 0.462 e. The van der Waals surface area contributed by atoms with Gasteiger partial charge in [0.2, 0.25) is 0 Å². The van der Waals surface area contributed by atoms with Gasteiger partial charge in [-0.1, -0.05) is 23.2 Å². The molecule has 0 aromatic heterocycles. The Morgan fingerprint density at radius 3 is 2.94 bits per heavy atom. The molecule has 6 heteroatoms. The van der Waals surface area contributed by atoms with Crippen molar-refractivity contribution < 1.29 is 14.3 Å². The van der Waals surface area contributed by atoms with Crippen LogP contribution in [-0.4, -0.2) is 25.8 Å². The van der Waals surface area contributed by atoms with Crippen molar-refractivity contribution in [2.45, 2.75) is 6.42 Å². The second kappa shape index (κ2) is 5.78. The molecular weight excluding hydrogens is 277 g/mol. The molecule has 1 atom stereocenters. The minimum Gasteiger partial charge on any atom is -0.462 e. The number of hydrogen-bond acceptors (Lipinski definition) is 4. The topological polar surface area (TPSA) is 61.6 Å². The predicted molar refractivity (Wildman–Crippen MR) is 70.1 cm³/mol. The molecule has 0 aliphatic carbocycles. The van der Waals surface area contributed by atoms with Crippen molar-refractivity contribution in [1.82, 2.24) is 0 Å². The van der Waals surface area contributed by atoms with Crippen LogP contribution in [0.3, 0.4) is 0 Å². The van der Waals surface area contributed by atoms with E-state index < -0.39 is 5.97 Å². The molecule has 0 radical (unpaired) electrons. The normalized spacial score (nSPS) is 18.9. The summed E-state index contributed by atoms with van der Waals surface area (Å²) in [7, 11) is 0. The number of ether oxygens (including phenoxy) is 2. The number of benzene rings is 1. The number of carbonyl (C=O) groups is 1. The average Bonchev–Trinajstić information content (AvgIpc) is 2.83. The molecule has 1 aliphatic heterocycles. The zero-order chi connectivity index (χ0) is 13.1. The van der Waals surface area contributed by atoms with Crippen LogP contribution in [0.5, 0.6) is 0 Å². The fourth-order valence-electron chi connectivity index (χ4n) is 1.74. The molecule has 0 bridgehead atoms. The van der Waals surface area contributed by atoms with Crippen LogP contribution in [0.15, 0.2) is 12.1 Å². The van der Waals surface area contributed by atoms with E-state index in [-0.39, 0.29) is 21.5 Å². The smallest absolute Gasteiger partial charge is 0.339 e. The predicted octanol–water partition coefficient (Wildman–Crippen LogP) is 2.77. The number of anilines is 1. The number of halogens is 2. The molecule has 98 valence electrons. The molecule has 0 spiro atoms. The zero-order valence-corrected chi connectivity index (χ0v) is 11.1. The Morgan fingerprint density at radius 1 is 1.50 bits per heavy atom. The van der Waals surface area contributed by atoms with E-state index in [1.807, 2.05) is 0 Å². The van der Waals surface area contributed by atoms with Gasteiger partial charge in [-0.15, -0.1) is 0 Å². The maximum absolute atomic E-state index is 11.9. The first-order valence-electron chi connectivity index (χ1n) is 5.57. The van der Waals surface area contributed by atoms with E-state index in [2.05, 4.69) is 0 Å². The Morgan fingerprint density at radius 2 is 2.28 bits per heavy atom. The molecule has 1 fully saturated rings. The highest BCUT2D eigenvalue weighted by molar-refractivity contribution is 6.44. The molecule has 0 amide bonds. The Labute approximate surface area is 115 Å². The zero-order valence-electron chi connectivity index (χ0n) is 9.62. The fourth-order valence-corrected chi connectivity index (χ4v) is 2.16. The fraction of sp³-hybridized carbons (Fsp3) is 0.417. The molecule has 1 aromatic carbocycles. The first-order chi connectivity index (χ1) is 8.58. The molecule has 18 heavy (non-hydrogen) atoms. The highest BCUT2D eigenvalue weighted by atomic mass is 35.5. The van der Waals surface area contributed by atoms with Gasteiger partial charge in [0.1, 0.15) is 0 Å². The van der Waals surface area contributed by atoms with E-state index in [9.17, 15) is 4.79 Å². The minimum absolute atomic E-state index is 0.165. The maximum atomic E-state index is 11.9. The van der Waals surface area contributed by atoms with Crippen molar-refractivity contribution in [3.05, 3.63) is 27.7 Å². The lowest BCUT2D eigenvalue weighted by molar-refractivity contribution is 0.0428. The average molecular weight is 290 g/mol. The second-order valence-electron chi connectivity index (χ2n) is 4.19. The van der Waals surface area contributed by atoms with Crippen LogP contribution < -0.4 is 5.73 Å². The Kier molecular flexibility index (Phi) is 4.32. The first-order valence-corrected chi connectivity index (χ1v) is 6.33. The van der Waals surface area contributed by atoms with Gasteiger partial charge >= 0.3 is 5.97 Å². The molecule has 2 rings (SSSR count). The third-order valence-corrected chi connectivity index (χ3v) is 3.55. The van der Waals surface area contributed by atoms with Crippen molar-refractivity contribution in [2.75, 3.05) is 25.6 Å². The quantitative estimate of drug-likeness (QED) is 0.687. The molecule has 1 aliphatic rings. The van der Waals surface area contributed by atoms with Gasteiger partial charge in [0.05, 0.1) is 28.8 Å². The van der Waals surface area contributed by atoms with Crippen LogP contribution in [0.4, 0.5) is 5.69 Å². The van der Waals surface area contributed by atoms with E-state index in [4.69, 9.17) is 38.4 Å². The van der Waals surface area contributed by atoms with Gasteiger partial charge in [0.25, 0.3) is 0 Å². The van der Waals surface area contributed by atoms with E-state index in [0.29, 0.717) is 25.5 Å². The molecule has 1 aromatic rings. The van der Waals surface area contributed by atoms with Gasteiger partial charge in [0, 0.05) is 18.2 Å². The van der Waals surface area contributed by atoms with Crippen LogP contribution in [0.2, 0.25) is 10.0 Å². The summed E-state index contributed by atoms with van der Waals surface area (Å²) < 4.78 is 10.4. The first kappa shape index (κ1) is 13.5. The molecule has 1 unspecified atom stereocenters. The molecule has 2 N–H and O–H groups in total. The van der Waals surface area contributed by atoms with E-state index in [1.54, 1.807) is 0 Å². The van der Waals surface area contributed by atoms with E-state index in [0.717, 1.165) is 6.42 Å². The summed E-state index contributed by atoms with van der Waals surface area (Å²) in [4.78, 5) is 11.9. The van der Waals surface area contributed by atoms with Gasteiger partial charge < -0.3 is 15.2 Å². The Balaban J connectivity index is 2.04. The SMILES string of the molecule is Nc1cc(Cl)c(Cl)c(C(=O)OCC2CCOC2)c1. The molecule has 1 heterocycles. The van der Waals surface area contributed by atoms with Crippen molar-refractivity contribution in [3.63, 3.8) is 0 Å². The van der Waals surface area contributed by atoms with E-state index in [1.165, 1.54) is 12.1 Å². The molecule has 4 nitrogen and oxygen atoms in total. The highest BCUT2D eigenvalue weighted by Crippen LogP contribution is 2.29. The standard InChI is InChI=1S/C12H13Cl2NO3/c13-10-4-8(15)3-9(11(10)14)12(16)18-6-7-1-2-17-5-7/h3-4,7H,1-2,5-6,15H2. The summed E-state index contributed by atoms with van der Waals surface area (Å²) in [6.45, 7) is 1.66. The third-order valence-electron chi connectivity index (χ3n) is 2.74. The highest BCUT2D eigenvalue weighted by Gasteiger charge is 2.20. The van der Waals surface area contributed by atoms with Crippen molar-refractivity contribution in [3.8, 4) is 0 Å². The summed E-state index contributed by atoms with van der Waals surface area (Å²) in [6.07, 6.45) is 0.901. The van der Waals surface area contributed by atoms with E-state index >= 15 is 0 Å². The summed E-state index contributed by atoms with van der Waals surface area (Å²) in [6, 6.07) is 2.95. The summed E-state index contributed by atoms with van der Waals surface area (Å²) in [5, 5.41) is 0.409. The number of rotatable bonds is 3. The Hall–Kier alpha value is -0.970. The lowest BCUT2D eigenvalue weighted by atomic mass is 10.1. The van der Waals surface area contributed by atoms with Crippen LogP contribution in [-0.2, 0) is 9.47 Å². The molecule has 1 saturated heterocycles. The lowest BCUT2D eigenvalue weighted by Crippen LogP contribution is -2.15. The molecule has 0 saturated carbocycles. The molecular formula is C12H13Cl2NO3. The summed E-state index contributed by atoms with van der Waals surface area (Å²) in [5.41, 5.74) is 6.18. The second-order valence-corrected chi connectivity index (χ2v) is 4.98. The minimum atomic E-state index is -0.513. The summed E-state index contributed by atoms with van der Waals surface area (Å²) >= 11 is 11.8. The van der Waals surface area contributed by atoms with Crippen molar-refractivity contribution >= 4 is 34.9 Å². The monoisotopic (exact) mass is 289 g/mol. The number of nitrogens with two attached hydrogens (primary N) is 1. The van der Waals surface area contributed by atoms with Gasteiger partial charge in [-0.05, 0) is 18.6 Å². The third kappa shape index (κ3) is 3.07. The van der Waals surface area contributed by atoms with Crippen LogP contribution in [0.25, 0.3) is 0 Å².